The highest BCUT2D eigenvalue weighted by molar-refractivity contribution is 6.31. The molecule has 1 atom stereocenters. The molecule has 0 aliphatic carbocycles. The van der Waals surface area contributed by atoms with Gasteiger partial charge in [0.1, 0.15) is 6.04 Å². The van der Waals surface area contributed by atoms with Crippen molar-refractivity contribution in [2.75, 3.05) is 6.54 Å². The molecule has 0 saturated heterocycles. The molecule has 0 fully saturated rings. The summed E-state index contributed by atoms with van der Waals surface area (Å²) in [6.45, 7) is 6.95. The first-order valence-corrected chi connectivity index (χ1v) is 11.1. The van der Waals surface area contributed by atoms with E-state index in [1.54, 1.807) is 17.0 Å². The molecule has 30 heavy (non-hydrogen) atoms. The van der Waals surface area contributed by atoms with Crippen molar-refractivity contribution in [1.29, 1.82) is 0 Å². The molecule has 0 heterocycles. The van der Waals surface area contributed by atoms with E-state index in [0.29, 0.717) is 41.9 Å². The average Bonchev–Trinajstić information content (AvgIpc) is 2.72. The van der Waals surface area contributed by atoms with E-state index in [4.69, 9.17) is 23.2 Å². The fourth-order valence-corrected chi connectivity index (χ4v) is 3.57. The monoisotopic (exact) mass is 448 g/mol. The standard InChI is InChI=1S/C24H30Cl2N2O2/c1-4-22(24(30)27-15-17(2)3)28(16-18-9-12-20(25)13-10-18)23(29)14-11-19-7-5-6-8-21(19)26/h5-10,12-13,17,22H,4,11,14-16H2,1-3H3,(H,27,30). The van der Waals surface area contributed by atoms with E-state index in [9.17, 15) is 9.59 Å². The van der Waals surface area contributed by atoms with E-state index in [1.165, 1.54) is 0 Å². The van der Waals surface area contributed by atoms with Gasteiger partial charge in [0.05, 0.1) is 0 Å². The number of benzene rings is 2. The molecule has 6 heteroatoms. The van der Waals surface area contributed by atoms with Gasteiger partial charge in [-0.05, 0) is 48.1 Å². The van der Waals surface area contributed by atoms with Crippen LogP contribution in [0.5, 0.6) is 0 Å². The lowest BCUT2D eigenvalue weighted by molar-refractivity contribution is -0.141. The normalized spacial score (nSPS) is 11.9. The largest absolute Gasteiger partial charge is 0.354 e. The van der Waals surface area contributed by atoms with Crippen molar-refractivity contribution in [3.63, 3.8) is 0 Å². The number of rotatable bonds is 10. The second-order valence-corrected chi connectivity index (χ2v) is 8.65. The number of amides is 2. The molecule has 0 radical (unpaired) electrons. The number of halogens is 2. The molecule has 1 N–H and O–H groups in total. The Morgan fingerprint density at radius 3 is 2.30 bits per heavy atom. The molecule has 0 aromatic heterocycles. The van der Waals surface area contributed by atoms with Crippen LogP contribution >= 0.6 is 23.2 Å². The molecular weight excluding hydrogens is 419 g/mol. The van der Waals surface area contributed by atoms with Crippen LogP contribution in [0.4, 0.5) is 0 Å². The van der Waals surface area contributed by atoms with Crippen LogP contribution in [0.2, 0.25) is 10.0 Å². The van der Waals surface area contributed by atoms with Crippen molar-refractivity contribution in [3.05, 3.63) is 69.7 Å². The summed E-state index contributed by atoms with van der Waals surface area (Å²) in [6.07, 6.45) is 1.35. The summed E-state index contributed by atoms with van der Waals surface area (Å²) < 4.78 is 0. The topological polar surface area (TPSA) is 49.4 Å². The molecule has 2 rings (SSSR count). The highest BCUT2D eigenvalue weighted by Crippen LogP contribution is 2.20. The highest BCUT2D eigenvalue weighted by atomic mass is 35.5. The zero-order chi connectivity index (χ0) is 22.1. The Labute approximate surface area is 189 Å². The number of nitrogens with one attached hydrogen (secondary N) is 1. The van der Waals surface area contributed by atoms with Crippen molar-refractivity contribution in [1.82, 2.24) is 10.2 Å². The first kappa shape index (κ1) is 24.2. The Morgan fingerprint density at radius 2 is 1.70 bits per heavy atom. The minimum absolute atomic E-state index is 0.0728. The lowest BCUT2D eigenvalue weighted by Gasteiger charge is -2.31. The molecule has 162 valence electrons. The molecular formula is C24H30Cl2N2O2. The predicted molar refractivity (Wildman–Crippen MR) is 124 cm³/mol. The summed E-state index contributed by atoms with van der Waals surface area (Å²) in [4.78, 5) is 27.7. The van der Waals surface area contributed by atoms with Gasteiger partial charge in [-0.1, -0.05) is 74.3 Å². The van der Waals surface area contributed by atoms with E-state index in [1.807, 2.05) is 57.2 Å². The molecule has 0 spiro atoms. The molecule has 0 saturated carbocycles. The number of carbonyl (C=O) groups is 2. The SMILES string of the molecule is CCC(C(=O)NCC(C)C)N(Cc1ccc(Cl)cc1)C(=O)CCc1ccccc1Cl. The smallest absolute Gasteiger partial charge is 0.242 e. The first-order valence-electron chi connectivity index (χ1n) is 10.4. The zero-order valence-corrected chi connectivity index (χ0v) is 19.3. The highest BCUT2D eigenvalue weighted by Gasteiger charge is 2.28. The summed E-state index contributed by atoms with van der Waals surface area (Å²) in [5.41, 5.74) is 1.86. The maximum absolute atomic E-state index is 13.2. The third-order valence-electron chi connectivity index (χ3n) is 4.90. The second-order valence-electron chi connectivity index (χ2n) is 7.80. The molecule has 0 aliphatic rings. The molecule has 2 aromatic rings. The van der Waals surface area contributed by atoms with Gasteiger partial charge in [-0.2, -0.15) is 0 Å². The third kappa shape index (κ3) is 7.33. The summed E-state index contributed by atoms with van der Waals surface area (Å²) >= 11 is 12.2. The van der Waals surface area contributed by atoms with Crippen LogP contribution in [0.15, 0.2) is 48.5 Å². The Balaban J connectivity index is 2.19. The van der Waals surface area contributed by atoms with E-state index in [-0.39, 0.29) is 18.2 Å². The van der Waals surface area contributed by atoms with Gasteiger partial charge in [-0.25, -0.2) is 0 Å². The molecule has 0 aliphatic heterocycles. The van der Waals surface area contributed by atoms with Crippen LogP contribution in [-0.2, 0) is 22.6 Å². The minimum atomic E-state index is -0.529. The van der Waals surface area contributed by atoms with Gasteiger partial charge in [0.15, 0.2) is 0 Å². The Kier molecular flexibility index (Phi) is 9.67. The number of aryl methyl sites for hydroxylation is 1. The second kappa shape index (κ2) is 12.0. The summed E-state index contributed by atoms with van der Waals surface area (Å²) in [5, 5.41) is 4.26. The number of nitrogens with zero attached hydrogens (tertiary/aromatic N) is 1. The van der Waals surface area contributed by atoms with Gasteiger partial charge in [0, 0.05) is 29.6 Å². The quantitative estimate of drug-likeness (QED) is 0.520. The van der Waals surface area contributed by atoms with Gasteiger partial charge in [-0.15, -0.1) is 0 Å². The van der Waals surface area contributed by atoms with Gasteiger partial charge >= 0.3 is 0 Å². The molecule has 4 nitrogen and oxygen atoms in total. The van der Waals surface area contributed by atoms with Gasteiger partial charge < -0.3 is 10.2 Å². The van der Waals surface area contributed by atoms with Crippen molar-refractivity contribution < 1.29 is 9.59 Å². The van der Waals surface area contributed by atoms with Gasteiger partial charge in [0.2, 0.25) is 11.8 Å². The summed E-state index contributed by atoms with van der Waals surface area (Å²) in [6, 6.07) is 14.3. The predicted octanol–water partition coefficient (Wildman–Crippen LogP) is 5.51. The maximum Gasteiger partial charge on any atom is 0.242 e. The van der Waals surface area contributed by atoms with Crippen LogP contribution in [0.3, 0.4) is 0 Å². The summed E-state index contributed by atoms with van der Waals surface area (Å²) in [7, 11) is 0. The van der Waals surface area contributed by atoms with Crippen LogP contribution in [0.1, 0.15) is 44.7 Å². The van der Waals surface area contributed by atoms with Gasteiger partial charge in [-0.3, -0.25) is 9.59 Å². The number of carbonyl (C=O) groups excluding carboxylic acids is 2. The van der Waals surface area contributed by atoms with Crippen molar-refractivity contribution in [2.24, 2.45) is 5.92 Å². The van der Waals surface area contributed by atoms with Crippen LogP contribution < -0.4 is 5.32 Å². The average molecular weight is 449 g/mol. The lowest BCUT2D eigenvalue weighted by atomic mass is 10.1. The van der Waals surface area contributed by atoms with Gasteiger partial charge in [0.25, 0.3) is 0 Å². The summed E-state index contributed by atoms with van der Waals surface area (Å²) in [5.74, 6) is 0.148. The molecule has 2 amide bonds. The fraction of sp³-hybridized carbons (Fsp3) is 0.417. The van der Waals surface area contributed by atoms with Crippen LogP contribution in [-0.4, -0.2) is 29.3 Å². The Bertz CT molecular complexity index is 837. The number of hydrogen-bond acceptors (Lipinski definition) is 2. The van der Waals surface area contributed by atoms with E-state index in [0.717, 1.165) is 11.1 Å². The zero-order valence-electron chi connectivity index (χ0n) is 17.8. The fourth-order valence-electron chi connectivity index (χ4n) is 3.21. The van der Waals surface area contributed by atoms with Crippen molar-refractivity contribution >= 4 is 35.0 Å². The lowest BCUT2D eigenvalue weighted by Crippen LogP contribution is -2.49. The van der Waals surface area contributed by atoms with E-state index >= 15 is 0 Å². The molecule has 0 bridgehead atoms. The Hall–Kier alpha value is -2.04. The minimum Gasteiger partial charge on any atom is -0.354 e. The van der Waals surface area contributed by atoms with Crippen molar-refractivity contribution in [3.8, 4) is 0 Å². The maximum atomic E-state index is 13.2. The molecule has 1 unspecified atom stereocenters. The first-order chi connectivity index (χ1) is 14.3. The van der Waals surface area contributed by atoms with E-state index in [2.05, 4.69) is 5.32 Å². The Morgan fingerprint density at radius 1 is 1.03 bits per heavy atom. The van der Waals surface area contributed by atoms with Crippen LogP contribution in [0.25, 0.3) is 0 Å². The third-order valence-corrected chi connectivity index (χ3v) is 5.52. The van der Waals surface area contributed by atoms with Crippen molar-refractivity contribution in [2.45, 2.75) is 52.6 Å². The molecule has 2 aromatic carbocycles. The van der Waals surface area contributed by atoms with E-state index < -0.39 is 6.04 Å². The van der Waals surface area contributed by atoms with Crippen LogP contribution in [0, 0.1) is 5.92 Å². The number of hydrogen-bond donors (Lipinski definition) is 1.